The van der Waals surface area contributed by atoms with Crippen LogP contribution in [0.25, 0.3) is 0 Å². The van der Waals surface area contributed by atoms with E-state index in [2.05, 4.69) is 20.9 Å². The summed E-state index contributed by atoms with van der Waals surface area (Å²) in [4.78, 5) is 13.1. The third-order valence-electron chi connectivity index (χ3n) is 4.58. The van der Waals surface area contributed by atoms with Crippen molar-refractivity contribution < 1.29 is 18.0 Å². The first kappa shape index (κ1) is 20.5. The largest absolute Gasteiger partial charge is 0.418 e. The highest BCUT2D eigenvalue weighted by Crippen LogP contribution is 2.39. The summed E-state index contributed by atoms with van der Waals surface area (Å²) in [5.41, 5.74) is 2.73. The van der Waals surface area contributed by atoms with Gasteiger partial charge in [-0.25, -0.2) is 4.68 Å². The molecule has 0 radical (unpaired) electrons. The number of carbonyl (C=O) groups is 1. The molecule has 3 aromatic rings. The molecule has 2 heterocycles. The Bertz CT molecular complexity index is 1090. The van der Waals surface area contributed by atoms with Crippen molar-refractivity contribution in [1.82, 2.24) is 14.9 Å². The van der Waals surface area contributed by atoms with Gasteiger partial charge in [-0.2, -0.15) is 13.2 Å². The quantitative estimate of drug-likeness (QED) is 0.603. The first-order valence-corrected chi connectivity index (χ1v) is 10.1. The molecular formula is C19H15ClF3N5OS. The van der Waals surface area contributed by atoms with Gasteiger partial charge in [0.05, 0.1) is 17.3 Å². The molecule has 0 bridgehead atoms. The minimum Gasteiger partial charge on any atom is -0.324 e. The third-order valence-corrected chi connectivity index (χ3v) is 6.04. The fourth-order valence-electron chi connectivity index (χ4n) is 3.12. The van der Waals surface area contributed by atoms with Crippen molar-refractivity contribution in [2.45, 2.75) is 29.5 Å². The molecule has 1 aliphatic rings. The van der Waals surface area contributed by atoms with E-state index in [1.807, 2.05) is 0 Å². The van der Waals surface area contributed by atoms with Crippen LogP contribution in [0.1, 0.15) is 23.0 Å². The summed E-state index contributed by atoms with van der Waals surface area (Å²) in [6.07, 6.45) is -4.59. The maximum atomic E-state index is 13.3. The second-order valence-electron chi connectivity index (χ2n) is 6.59. The standard InChI is InChI=1S/C19H15ClF3N5OS/c1-10-25-26-18-28(10)27-15(11-6-8-12(20)9-7-11)16(30-18)17(29)24-14-5-3-2-4-13(14)19(21,22)23/h2-9,15-16,27H,1H3,(H,24,29)/t15-,16-/m1/s1. The zero-order valence-electron chi connectivity index (χ0n) is 15.4. The van der Waals surface area contributed by atoms with Gasteiger partial charge in [-0.1, -0.05) is 47.6 Å². The van der Waals surface area contributed by atoms with E-state index in [4.69, 9.17) is 11.6 Å². The number of alkyl halides is 3. The Hall–Kier alpha value is -2.72. The van der Waals surface area contributed by atoms with Crippen molar-refractivity contribution in [3.05, 3.63) is 70.5 Å². The second kappa shape index (κ2) is 7.84. The van der Waals surface area contributed by atoms with Crippen molar-refractivity contribution >= 4 is 35.0 Å². The molecule has 1 aliphatic heterocycles. The van der Waals surface area contributed by atoms with Gasteiger partial charge in [0.25, 0.3) is 0 Å². The third kappa shape index (κ3) is 3.97. The number of hydrogen-bond acceptors (Lipinski definition) is 5. The monoisotopic (exact) mass is 453 g/mol. The zero-order valence-corrected chi connectivity index (χ0v) is 17.0. The molecule has 6 nitrogen and oxygen atoms in total. The first-order chi connectivity index (χ1) is 14.2. The van der Waals surface area contributed by atoms with E-state index in [0.717, 1.165) is 23.4 Å². The van der Waals surface area contributed by atoms with E-state index >= 15 is 0 Å². The number of aromatic nitrogens is 3. The summed E-state index contributed by atoms with van der Waals surface area (Å²) in [5, 5.41) is 10.6. The molecule has 4 rings (SSSR count). The molecule has 2 aromatic carbocycles. The molecule has 30 heavy (non-hydrogen) atoms. The number of amides is 1. The Morgan fingerprint density at radius 2 is 1.87 bits per heavy atom. The molecule has 0 aliphatic carbocycles. The number of rotatable bonds is 3. The highest BCUT2D eigenvalue weighted by molar-refractivity contribution is 8.00. The van der Waals surface area contributed by atoms with E-state index in [1.54, 1.807) is 35.9 Å². The number of hydrogen-bond donors (Lipinski definition) is 2. The Morgan fingerprint density at radius 1 is 1.17 bits per heavy atom. The Morgan fingerprint density at radius 3 is 2.57 bits per heavy atom. The van der Waals surface area contributed by atoms with Crippen LogP contribution in [0.5, 0.6) is 0 Å². The number of halogens is 4. The van der Waals surface area contributed by atoms with Crippen molar-refractivity contribution in [3.63, 3.8) is 0 Å². The molecule has 0 unspecified atom stereocenters. The SMILES string of the molecule is Cc1nnc2n1N[C@H](c1ccc(Cl)cc1)[C@H](C(=O)Nc1ccccc1C(F)(F)F)S2. The lowest BCUT2D eigenvalue weighted by atomic mass is 10.0. The minimum atomic E-state index is -4.59. The Labute approximate surface area is 178 Å². The van der Waals surface area contributed by atoms with Crippen LogP contribution < -0.4 is 10.7 Å². The fourth-order valence-corrected chi connectivity index (χ4v) is 4.38. The number of fused-ring (bicyclic) bond motifs is 1. The lowest BCUT2D eigenvalue weighted by Gasteiger charge is -2.33. The van der Waals surface area contributed by atoms with Gasteiger partial charge in [-0.05, 0) is 36.8 Å². The number of carbonyl (C=O) groups excluding carboxylic acids is 1. The van der Waals surface area contributed by atoms with Crippen LogP contribution in [0.2, 0.25) is 5.02 Å². The van der Waals surface area contributed by atoms with Gasteiger partial charge in [0.15, 0.2) is 0 Å². The molecule has 11 heteroatoms. The highest BCUT2D eigenvalue weighted by Gasteiger charge is 2.39. The molecular weight excluding hydrogens is 439 g/mol. The maximum absolute atomic E-state index is 13.3. The topological polar surface area (TPSA) is 71.8 Å². The first-order valence-electron chi connectivity index (χ1n) is 8.82. The summed E-state index contributed by atoms with van der Waals surface area (Å²) in [6.45, 7) is 1.75. The highest BCUT2D eigenvalue weighted by atomic mass is 35.5. The molecule has 2 N–H and O–H groups in total. The Balaban J connectivity index is 1.68. The maximum Gasteiger partial charge on any atom is 0.418 e. The van der Waals surface area contributed by atoms with Gasteiger partial charge in [0, 0.05) is 5.02 Å². The molecule has 0 fully saturated rings. The predicted molar refractivity (Wildman–Crippen MR) is 108 cm³/mol. The van der Waals surface area contributed by atoms with Crippen LogP contribution >= 0.6 is 23.4 Å². The van der Waals surface area contributed by atoms with Crippen molar-refractivity contribution in [1.29, 1.82) is 0 Å². The number of nitrogens with one attached hydrogen (secondary N) is 2. The van der Waals surface area contributed by atoms with Crippen molar-refractivity contribution in [2.75, 3.05) is 10.7 Å². The number of aryl methyl sites for hydroxylation is 1. The molecule has 0 saturated carbocycles. The number of benzene rings is 2. The summed E-state index contributed by atoms with van der Waals surface area (Å²) in [5.74, 6) is 0.00814. The van der Waals surface area contributed by atoms with Gasteiger partial charge in [-0.15, -0.1) is 10.2 Å². The number of nitrogens with zero attached hydrogens (tertiary/aromatic N) is 3. The van der Waals surface area contributed by atoms with E-state index in [0.29, 0.717) is 16.0 Å². The fraction of sp³-hybridized carbons (Fsp3) is 0.211. The van der Waals surface area contributed by atoms with Crippen LogP contribution in [0.3, 0.4) is 0 Å². The van der Waals surface area contributed by atoms with E-state index < -0.39 is 28.9 Å². The molecule has 2 atom stereocenters. The van der Waals surface area contributed by atoms with Crippen LogP contribution in [0, 0.1) is 6.92 Å². The van der Waals surface area contributed by atoms with Crippen LogP contribution in [0.15, 0.2) is 53.7 Å². The van der Waals surface area contributed by atoms with Gasteiger partial charge in [-0.3, -0.25) is 4.79 Å². The average molecular weight is 454 g/mol. The zero-order chi connectivity index (χ0) is 21.5. The Kier molecular flexibility index (Phi) is 5.37. The van der Waals surface area contributed by atoms with Gasteiger partial charge < -0.3 is 10.7 Å². The summed E-state index contributed by atoms with van der Waals surface area (Å²) >= 11 is 7.10. The van der Waals surface area contributed by atoms with Crippen LogP contribution in [0.4, 0.5) is 18.9 Å². The molecule has 1 aromatic heterocycles. The number of anilines is 1. The van der Waals surface area contributed by atoms with Crippen molar-refractivity contribution in [3.8, 4) is 0 Å². The van der Waals surface area contributed by atoms with E-state index in [-0.39, 0.29) is 5.69 Å². The number of para-hydroxylation sites is 1. The van der Waals surface area contributed by atoms with E-state index in [9.17, 15) is 18.0 Å². The summed E-state index contributed by atoms with van der Waals surface area (Å²) < 4.78 is 41.6. The summed E-state index contributed by atoms with van der Waals surface area (Å²) in [6, 6.07) is 11.2. The number of thioether (sulfide) groups is 1. The molecule has 156 valence electrons. The lowest BCUT2D eigenvalue weighted by molar-refractivity contribution is -0.137. The molecule has 0 saturated heterocycles. The average Bonchev–Trinajstić information content (AvgIpc) is 3.07. The van der Waals surface area contributed by atoms with Crippen LogP contribution in [-0.2, 0) is 11.0 Å². The second-order valence-corrected chi connectivity index (χ2v) is 8.14. The minimum absolute atomic E-state index is 0.298. The van der Waals surface area contributed by atoms with E-state index in [1.165, 1.54) is 18.2 Å². The van der Waals surface area contributed by atoms with Gasteiger partial charge in [0.2, 0.25) is 11.1 Å². The van der Waals surface area contributed by atoms with Crippen LogP contribution in [-0.4, -0.2) is 26.0 Å². The lowest BCUT2D eigenvalue weighted by Crippen LogP contribution is -2.41. The van der Waals surface area contributed by atoms with Gasteiger partial charge in [0.1, 0.15) is 11.1 Å². The smallest absolute Gasteiger partial charge is 0.324 e. The van der Waals surface area contributed by atoms with Crippen molar-refractivity contribution in [2.24, 2.45) is 0 Å². The summed E-state index contributed by atoms with van der Waals surface area (Å²) in [7, 11) is 0. The van der Waals surface area contributed by atoms with Gasteiger partial charge >= 0.3 is 6.18 Å². The normalized spacial score (nSPS) is 18.4. The molecule has 1 amide bonds. The predicted octanol–water partition coefficient (Wildman–Crippen LogP) is 4.66. The molecule has 0 spiro atoms.